The van der Waals surface area contributed by atoms with Crippen molar-refractivity contribution in [2.75, 3.05) is 13.1 Å². The van der Waals surface area contributed by atoms with Gasteiger partial charge in [0.25, 0.3) is 5.56 Å². The third kappa shape index (κ3) is 3.97. The van der Waals surface area contributed by atoms with Crippen molar-refractivity contribution in [3.05, 3.63) is 57.8 Å². The van der Waals surface area contributed by atoms with Crippen molar-refractivity contribution in [2.24, 2.45) is 5.92 Å². The van der Waals surface area contributed by atoms with Crippen LogP contribution in [0.3, 0.4) is 0 Å². The number of aromatic nitrogens is 2. The van der Waals surface area contributed by atoms with Crippen LogP contribution in [-0.2, 0) is 11.3 Å². The molecule has 0 atom stereocenters. The van der Waals surface area contributed by atoms with Crippen LogP contribution in [0.1, 0.15) is 31.4 Å². The van der Waals surface area contributed by atoms with Crippen LogP contribution in [0.25, 0.3) is 16.2 Å². The van der Waals surface area contributed by atoms with E-state index in [2.05, 4.69) is 10.2 Å². The van der Waals surface area contributed by atoms with E-state index in [4.69, 9.17) is 4.98 Å². The molecule has 5 rings (SSSR count). The fourth-order valence-electron chi connectivity index (χ4n) is 3.98. The number of benzene rings is 1. The number of nitrogens with zero attached hydrogens (tertiary/aromatic N) is 3. The molecule has 2 fully saturated rings. The molecule has 150 valence electrons. The van der Waals surface area contributed by atoms with Gasteiger partial charge in [0, 0.05) is 43.0 Å². The van der Waals surface area contributed by atoms with Crippen molar-refractivity contribution >= 4 is 22.2 Å². The quantitative estimate of drug-likeness (QED) is 0.705. The van der Waals surface area contributed by atoms with Gasteiger partial charge in [-0.2, -0.15) is 0 Å². The second kappa shape index (κ2) is 7.72. The average Bonchev–Trinajstić information content (AvgIpc) is 3.50. The summed E-state index contributed by atoms with van der Waals surface area (Å²) in [5.41, 5.74) is 2.70. The Hall–Kier alpha value is -2.51. The number of piperidine rings is 1. The van der Waals surface area contributed by atoms with Gasteiger partial charge in [0.2, 0.25) is 5.91 Å². The Morgan fingerprint density at radius 1 is 1.14 bits per heavy atom. The van der Waals surface area contributed by atoms with E-state index in [-0.39, 0.29) is 23.4 Å². The first kappa shape index (κ1) is 18.5. The highest BCUT2D eigenvalue weighted by Gasteiger charge is 2.31. The van der Waals surface area contributed by atoms with E-state index < -0.39 is 0 Å². The molecule has 1 aliphatic carbocycles. The summed E-state index contributed by atoms with van der Waals surface area (Å²) in [7, 11) is 0. The molecule has 1 saturated heterocycles. The molecule has 0 bridgehead atoms. The molecule has 1 aliphatic heterocycles. The fourth-order valence-corrected chi connectivity index (χ4v) is 4.91. The summed E-state index contributed by atoms with van der Waals surface area (Å²) in [6.07, 6.45) is 4.00. The van der Waals surface area contributed by atoms with Crippen LogP contribution in [0.15, 0.2) is 46.6 Å². The lowest BCUT2D eigenvalue weighted by Crippen LogP contribution is -2.44. The molecule has 29 heavy (non-hydrogen) atoms. The molecule has 1 amide bonds. The zero-order valence-corrected chi connectivity index (χ0v) is 17.0. The van der Waals surface area contributed by atoms with Crippen LogP contribution in [0.4, 0.5) is 0 Å². The number of amides is 1. The van der Waals surface area contributed by atoms with Crippen LogP contribution in [0.2, 0.25) is 0 Å². The molecular formula is C22H24N4O2S. The van der Waals surface area contributed by atoms with Crippen molar-refractivity contribution in [1.29, 1.82) is 0 Å². The Bertz CT molecular complexity index is 1080. The van der Waals surface area contributed by atoms with Gasteiger partial charge in [-0.15, -0.1) is 11.3 Å². The fraction of sp³-hybridized carbons (Fsp3) is 0.409. The molecule has 0 unspecified atom stereocenters. The van der Waals surface area contributed by atoms with Crippen molar-refractivity contribution in [3.8, 4) is 11.3 Å². The van der Waals surface area contributed by atoms with Crippen LogP contribution in [0.5, 0.6) is 0 Å². The number of carbonyl (C=O) groups is 1. The highest BCUT2D eigenvalue weighted by molar-refractivity contribution is 7.15. The van der Waals surface area contributed by atoms with Crippen LogP contribution in [0, 0.1) is 5.92 Å². The largest absolute Gasteiger partial charge is 0.353 e. The Balaban J connectivity index is 1.27. The topological polar surface area (TPSA) is 66.7 Å². The van der Waals surface area contributed by atoms with Gasteiger partial charge in [-0.25, -0.2) is 4.98 Å². The maximum atomic E-state index is 12.8. The van der Waals surface area contributed by atoms with Crippen molar-refractivity contribution < 1.29 is 4.79 Å². The minimum Gasteiger partial charge on any atom is -0.353 e. The van der Waals surface area contributed by atoms with Crippen LogP contribution >= 0.6 is 11.3 Å². The summed E-state index contributed by atoms with van der Waals surface area (Å²) >= 11 is 1.50. The lowest BCUT2D eigenvalue weighted by atomic mass is 10.0. The molecule has 1 N–H and O–H groups in total. The standard InChI is InChI=1S/C22H24N4O2S/c27-20-12-18(13-25-10-8-17(9-11-25)23-21(28)16-6-7-16)24-22-26(20)19(14-29-22)15-4-2-1-3-5-15/h1-5,12,14,16-17H,6-11,13H2,(H,23,28). The summed E-state index contributed by atoms with van der Waals surface area (Å²) in [6.45, 7) is 2.50. The summed E-state index contributed by atoms with van der Waals surface area (Å²) < 4.78 is 1.70. The minimum atomic E-state index is -0.0308. The van der Waals surface area contributed by atoms with Crippen LogP contribution in [-0.4, -0.2) is 39.3 Å². The van der Waals surface area contributed by atoms with Crippen LogP contribution < -0.4 is 10.9 Å². The second-order valence-corrected chi connectivity index (χ2v) is 8.86. The first-order valence-electron chi connectivity index (χ1n) is 10.3. The van der Waals surface area contributed by atoms with Crippen molar-refractivity contribution in [1.82, 2.24) is 19.6 Å². The van der Waals surface area contributed by atoms with Gasteiger partial charge in [0.05, 0.1) is 11.4 Å². The number of hydrogen-bond donors (Lipinski definition) is 1. The Kier molecular flexibility index (Phi) is 4.93. The Morgan fingerprint density at radius 3 is 2.62 bits per heavy atom. The van der Waals surface area contributed by atoms with E-state index in [0.29, 0.717) is 6.54 Å². The van der Waals surface area contributed by atoms with Gasteiger partial charge in [0.1, 0.15) is 0 Å². The highest BCUT2D eigenvalue weighted by Crippen LogP contribution is 2.29. The summed E-state index contributed by atoms with van der Waals surface area (Å²) in [4.78, 5) is 32.5. The lowest BCUT2D eigenvalue weighted by molar-refractivity contribution is -0.123. The second-order valence-electron chi connectivity index (χ2n) is 8.02. The molecule has 3 aromatic rings. The van der Waals surface area contributed by atoms with Gasteiger partial charge in [-0.1, -0.05) is 30.3 Å². The maximum absolute atomic E-state index is 12.8. The number of fused-ring (bicyclic) bond motifs is 1. The number of likely N-dealkylation sites (tertiary alicyclic amines) is 1. The molecule has 6 nitrogen and oxygen atoms in total. The third-order valence-corrected chi connectivity index (χ3v) is 6.62. The SMILES string of the molecule is O=C(NC1CCN(Cc2cc(=O)n3c(-c4ccccc4)csc3n2)CC1)C1CC1. The first-order chi connectivity index (χ1) is 14.2. The zero-order chi connectivity index (χ0) is 19.8. The number of carbonyl (C=O) groups excluding carboxylic acids is 1. The molecule has 7 heteroatoms. The van der Waals surface area contributed by atoms with E-state index in [1.54, 1.807) is 10.5 Å². The molecule has 1 saturated carbocycles. The monoisotopic (exact) mass is 408 g/mol. The smallest absolute Gasteiger partial charge is 0.259 e. The van der Waals surface area contributed by atoms with Gasteiger partial charge >= 0.3 is 0 Å². The van der Waals surface area contributed by atoms with E-state index in [1.165, 1.54) is 11.3 Å². The minimum absolute atomic E-state index is 0.0308. The third-order valence-electron chi connectivity index (χ3n) is 5.80. The van der Waals surface area contributed by atoms with Gasteiger partial charge in [-0.05, 0) is 31.2 Å². The predicted molar refractivity (Wildman–Crippen MR) is 114 cm³/mol. The summed E-state index contributed by atoms with van der Waals surface area (Å²) in [6, 6.07) is 11.9. The molecule has 1 aromatic carbocycles. The molecule has 0 radical (unpaired) electrons. The number of nitrogens with one attached hydrogen (secondary N) is 1. The van der Waals surface area contributed by atoms with E-state index in [9.17, 15) is 9.59 Å². The highest BCUT2D eigenvalue weighted by atomic mass is 32.1. The molecule has 2 aromatic heterocycles. The molecule has 0 spiro atoms. The van der Waals surface area contributed by atoms with Crippen molar-refractivity contribution in [2.45, 2.75) is 38.3 Å². The van der Waals surface area contributed by atoms with Gasteiger partial charge in [0.15, 0.2) is 4.96 Å². The predicted octanol–water partition coefficient (Wildman–Crippen LogP) is 2.91. The molecule has 2 aliphatic rings. The van der Waals surface area contributed by atoms with E-state index in [0.717, 1.165) is 60.7 Å². The summed E-state index contributed by atoms with van der Waals surface area (Å²) in [5, 5.41) is 5.18. The Labute approximate surface area is 173 Å². The number of rotatable bonds is 5. The number of hydrogen-bond acceptors (Lipinski definition) is 5. The molecular weight excluding hydrogens is 384 g/mol. The number of thiazole rings is 1. The van der Waals surface area contributed by atoms with E-state index in [1.807, 2.05) is 35.7 Å². The average molecular weight is 409 g/mol. The van der Waals surface area contributed by atoms with E-state index >= 15 is 0 Å². The van der Waals surface area contributed by atoms with Gasteiger partial charge in [-0.3, -0.25) is 18.9 Å². The first-order valence-corrected chi connectivity index (χ1v) is 11.1. The normalized spacial score (nSPS) is 18.2. The molecule has 3 heterocycles. The Morgan fingerprint density at radius 2 is 1.90 bits per heavy atom. The van der Waals surface area contributed by atoms with Gasteiger partial charge < -0.3 is 5.32 Å². The maximum Gasteiger partial charge on any atom is 0.259 e. The zero-order valence-electron chi connectivity index (χ0n) is 16.2. The van der Waals surface area contributed by atoms with Crippen molar-refractivity contribution in [3.63, 3.8) is 0 Å². The lowest BCUT2D eigenvalue weighted by Gasteiger charge is -2.32. The summed E-state index contributed by atoms with van der Waals surface area (Å²) in [5.74, 6) is 0.499.